The van der Waals surface area contributed by atoms with Crippen LogP contribution in [-0.2, 0) is 4.74 Å². The van der Waals surface area contributed by atoms with Gasteiger partial charge in [-0.25, -0.2) is 4.79 Å². The predicted octanol–water partition coefficient (Wildman–Crippen LogP) is 2.57. The molecule has 1 rings (SSSR count). The van der Waals surface area contributed by atoms with E-state index in [0.717, 1.165) is 24.1 Å². The molecule has 0 amide bonds. The van der Waals surface area contributed by atoms with E-state index in [4.69, 9.17) is 10.5 Å². The van der Waals surface area contributed by atoms with E-state index < -0.39 is 12.1 Å². The van der Waals surface area contributed by atoms with Gasteiger partial charge >= 0.3 is 5.97 Å². The molecule has 0 heterocycles. The van der Waals surface area contributed by atoms with Gasteiger partial charge in [0, 0.05) is 17.9 Å². The Bertz CT molecular complexity index is 485. The third-order valence-electron chi connectivity index (χ3n) is 3.90. The van der Waals surface area contributed by atoms with Crippen LogP contribution < -0.4 is 11.1 Å². The van der Waals surface area contributed by atoms with Crippen LogP contribution in [0.3, 0.4) is 0 Å². The van der Waals surface area contributed by atoms with E-state index in [1.54, 1.807) is 6.07 Å². The number of methoxy groups -OCH3 is 1. The van der Waals surface area contributed by atoms with Crippen molar-refractivity contribution >= 4 is 17.3 Å². The fraction of sp³-hybridized carbons (Fsp3) is 0.562. The maximum Gasteiger partial charge on any atom is 0.340 e. The Morgan fingerprint density at radius 3 is 2.52 bits per heavy atom. The van der Waals surface area contributed by atoms with Crippen LogP contribution in [0, 0.1) is 12.8 Å². The number of nitrogen functional groups attached to an aromatic ring is 1. The Labute approximate surface area is 126 Å². The summed E-state index contributed by atoms with van der Waals surface area (Å²) < 4.78 is 4.73. The molecule has 1 aromatic carbocycles. The summed E-state index contributed by atoms with van der Waals surface area (Å²) in [4.78, 5) is 11.7. The van der Waals surface area contributed by atoms with Gasteiger partial charge in [0.25, 0.3) is 0 Å². The van der Waals surface area contributed by atoms with Gasteiger partial charge in [-0.05, 0) is 30.5 Å². The molecule has 21 heavy (non-hydrogen) atoms. The van der Waals surface area contributed by atoms with Gasteiger partial charge in [0.05, 0.1) is 18.8 Å². The smallest absolute Gasteiger partial charge is 0.340 e. The fourth-order valence-corrected chi connectivity index (χ4v) is 2.40. The van der Waals surface area contributed by atoms with Crippen molar-refractivity contribution in [2.45, 2.75) is 39.7 Å². The number of aliphatic hydroxyl groups excluding tert-OH is 1. The molecule has 0 spiro atoms. The van der Waals surface area contributed by atoms with Crippen molar-refractivity contribution in [3.05, 3.63) is 23.3 Å². The minimum absolute atomic E-state index is 0.271. The summed E-state index contributed by atoms with van der Waals surface area (Å²) in [6.45, 7) is 6.42. The van der Waals surface area contributed by atoms with Crippen molar-refractivity contribution in [3.63, 3.8) is 0 Å². The normalized spacial score (nSPS) is 12.3. The minimum Gasteiger partial charge on any atom is -0.465 e. The highest BCUT2D eigenvalue weighted by Gasteiger charge is 2.17. The first-order valence-electron chi connectivity index (χ1n) is 7.34. The summed E-state index contributed by atoms with van der Waals surface area (Å²) in [5.41, 5.74) is 8.23. The van der Waals surface area contributed by atoms with E-state index in [0.29, 0.717) is 17.8 Å². The van der Waals surface area contributed by atoms with E-state index >= 15 is 0 Å². The van der Waals surface area contributed by atoms with E-state index in [9.17, 15) is 9.90 Å². The van der Waals surface area contributed by atoms with E-state index in [2.05, 4.69) is 19.2 Å². The maximum atomic E-state index is 11.7. The van der Waals surface area contributed by atoms with Crippen molar-refractivity contribution in [2.24, 2.45) is 5.92 Å². The Kier molecular flexibility index (Phi) is 6.49. The number of carbonyl (C=O) groups is 1. The molecular formula is C16H26N2O3. The number of benzene rings is 1. The molecule has 1 unspecified atom stereocenters. The SMILES string of the molecule is CCC(CC)C(O)CNc1cc(C)c(N)c(C(=O)OC)c1. The first kappa shape index (κ1) is 17.3. The Morgan fingerprint density at radius 2 is 2.00 bits per heavy atom. The van der Waals surface area contributed by atoms with Crippen LogP contribution in [0.4, 0.5) is 11.4 Å². The molecule has 0 aromatic heterocycles. The third-order valence-corrected chi connectivity index (χ3v) is 3.90. The van der Waals surface area contributed by atoms with Crippen molar-refractivity contribution < 1.29 is 14.6 Å². The number of aryl methyl sites for hydroxylation is 1. The topological polar surface area (TPSA) is 84.6 Å². The molecule has 0 saturated heterocycles. The minimum atomic E-state index is -0.459. The molecule has 5 nitrogen and oxygen atoms in total. The highest BCUT2D eigenvalue weighted by atomic mass is 16.5. The molecule has 0 radical (unpaired) electrons. The molecule has 1 aromatic rings. The largest absolute Gasteiger partial charge is 0.465 e. The van der Waals surface area contributed by atoms with Crippen molar-refractivity contribution in [1.29, 1.82) is 0 Å². The summed E-state index contributed by atoms with van der Waals surface area (Å²) in [5, 5.41) is 13.3. The standard InChI is InChI=1S/C16H26N2O3/c1-5-11(6-2)14(19)9-18-12-7-10(3)15(17)13(8-12)16(20)21-4/h7-8,11,14,18-19H,5-6,9,17H2,1-4H3. The molecule has 0 aliphatic rings. The highest BCUT2D eigenvalue weighted by molar-refractivity contribution is 5.97. The second-order valence-corrected chi connectivity index (χ2v) is 5.27. The van der Waals surface area contributed by atoms with Crippen LogP contribution in [0.1, 0.15) is 42.6 Å². The zero-order valence-corrected chi connectivity index (χ0v) is 13.3. The predicted molar refractivity (Wildman–Crippen MR) is 85.5 cm³/mol. The molecule has 4 N–H and O–H groups in total. The monoisotopic (exact) mass is 294 g/mol. The molecule has 0 saturated carbocycles. The van der Waals surface area contributed by atoms with E-state index in [1.807, 2.05) is 13.0 Å². The first-order valence-corrected chi connectivity index (χ1v) is 7.34. The van der Waals surface area contributed by atoms with Crippen molar-refractivity contribution in [1.82, 2.24) is 0 Å². The van der Waals surface area contributed by atoms with E-state index in [-0.39, 0.29) is 5.92 Å². The second kappa shape index (κ2) is 7.88. The summed E-state index contributed by atoms with van der Waals surface area (Å²) in [7, 11) is 1.33. The number of nitrogens with one attached hydrogen (secondary N) is 1. The van der Waals surface area contributed by atoms with Crippen molar-refractivity contribution in [2.75, 3.05) is 24.7 Å². The first-order chi connectivity index (χ1) is 9.94. The quantitative estimate of drug-likeness (QED) is 0.531. The summed E-state index contributed by atoms with van der Waals surface area (Å²) >= 11 is 0. The van der Waals surface area contributed by atoms with Gasteiger partial charge in [-0.1, -0.05) is 26.7 Å². The summed E-state index contributed by atoms with van der Waals surface area (Å²) in [6.07, 6.45) is 1.46. The van der Waals surface area contributed by atoms with Gasteiger partial charge in [-0.2, -0.15) is 0 Å². The second-order valence-electron chi connectivity index (χ2n) is 5.27. The average Bonchev–Trinajstić information content (AvgIpc) is 2.48. The van der Waals surface area contributed by atoms with Gasteiger partial charge < -0.3 is 20.9 Å². The number of hydrogen-bond acceptors (Lipinski definition) is 5. The number of aliphatic hydroxyl groups is 1. The van der Waals surface area contributed by atoms with Gasteiger partial charge in [0.1, 0.15) is 0 Å². The summed E-state index contributed by atoms with van der Waals surface area (Å²) in [5.74, 6) is -0.188. The van der Waals surface area contributed by atoms with Crippen LogP contribution in [0.5, 0.6) is 0 Å². The van der Waals surface area contributed by atoms with Crippen LogP contribution in [-0.4, -0.2) is 30.8 Å². The number of ether oxygens (including phenoxy) is 1. The van der Waals surface area contributed by atoms with Crippen LogP contribution in [0.2, 0.25) is 0 Å². The van der Waals surface area contributed by atoms with E-state index in [1.165, 1.54) is 7.11 Å². The molecule has 0 aliphatic heterocycles. The number of hydrogen-bond donors (Lipinski definition) is 3. The maximum absolute atomic E-state index is 11.7. The Balaban J connectivity index is 2.85. The highest BCUT2D eigenvalue weighted by Crippen LogP contribution is 2.24. The number of rotatable bonds is 7. The molecule has 5 heteroatoms. The van der Waals surface area contributed by atoms with Crippen LogP contribution >= 0.6 is 0 Å². The zero-order valence-electron chi connectivity index (χ0n) is 13.3. The van der Waals surface area contributed by atoms with Crippen LogP contribution in [0.15, 0.2) is 12.1 Å². The van der Waals surface area contributed by atoms with Crippen LogP contribution in [0.25, 0.3) is 0 Å². The Hall–Kier alpha value is -1.75. The molecule has 118 valence electrons. The Morgan fingerprint density at radius 1 is 1.38 bits per heavy atom. The lowest BCUT2D eigenvalue weighted by Gasteiger charge is -2.21. The lowest BCUT2D eigenvalue weighted by molar-refractivity contribution is 0.0602. The number of anilines is 2. The van der Waals surface area contributed by atoms with Gasteiger partial charge in [-0.15, -0.1) is 0 Å². The lowest BCUT2D eigenvalue weighted by Crippen LogP contribution is -2.27. The van der Waals surface area contributed by atoms with Gasteiger partial charge in [-0.3, -0.25) is 0 Å². The number of esters is 1. The molecule has 1 atom stereocenters. The summed E-state index contributed by atoms with van der Waals surface area (Å²) in [6, 6.07) is 3.52. The number of carbonyl (C=O) groups excluding carboxylic acids is 1. The fourth-order valence-electron chi connectivity index (χ4n) is 2.40. The van der Waals surface area contributed by atoms with Crippen molar-refractivity contribution in [3.8, 4) is 0 Å². The third kappa shape index (κ3) is 4.36. The lowest BCUT2D eigenvalue weighted by atomic mass is 9.96. The average molecular weight is 294 g/mol. The molecule has 0 bridgehead atoms. The van der Waals surface area contributed by atoms with Gasteiger partial charge in [0.2, 0.25) is 0 Å². The molecular weight excluding hydrogens is 268 g/mol. The molecule has 0 fully saturated rings. The molecule has 0 aliphatic carbocycles. The number of nitrogens with two attached hydrogens (primary N) is 1. The zero-order chi connectivity index (χ0) is 16.0. The van der Waals surface area contributed by atoms with Gasteiger partial charge in [0.15, 0.2) is 0 Å².